The molecule has 9 nitrogen and oxygen atoms in total. The molecule has 0 radical (unpaired) electrons. The average Bonchev–Trinajstić information content (AvgIpc) is 3.22. The van der Waals surface area contributed by atoms with Gasteiger partial charge in [-0.2, -0.15) is 0 Å². The van der Waals surface area contributed by atoms with Crippen LogP contribution in [0.25, 0.3) is 11.7 Å². The van der Waals surface area contributed by atoms with Gasteiger partial charge in [-0.05, 0) is 62.1 Å². The minimum Gasteiger partial charge on any atom is -0.497 e. The number of pyridine rings is 1. The minimum absolute atomic E-state index is 0.183. The molecular weight excluding hydrogens is 548 g/mol. The number of aryl methyl sites for hydroxylation is 1. The summed E-state index contributed by atoms with van der Waals surface area (Å²) in [5.74, 6) is 0.600. The van der Waals surface area contributed by atoms with Crippen molar-refractivity contribution in [3.05, 3.63) is 74.5 Å². The van der Waals surface area contributed by atoms with E-state index < -0.39 is 0 Å². The second kappa shape index (κ2) is 11.8. The predicted molar refractivity (Wildman–Crippen MR) is 159 cm³/mol. The lowest BCUT2D eigenvalue weighted by Crippen LogP contribution is -2.39. The summed E-state index contributed by atoms with van der Waals surface area (Å²) in [7, 11) is 1.60. The number of thioether (sulfide) groups is 1. The number of hydrogen-bond acceptors (Lipinski definition) is 9. The van der Waals surface area contributed by atoms with E-state index in [1.165, 1.54) is 21.1 Å². The molecule has 0 spiro atoms. The quantitative estimate of drug-likeness (QED) is 0.232. The van der Waals surface area contributed by atoms with Gasteiger partial charge in [-0.1, -0.05) is 42.2 Å². The van der Waals surface area contributed by atoms with Crippen LogP contribution in [-0.4, -0.2) is 57.3 Å². The normalized spacial score (nSPS) is 17.2. The molecule has 2 fully saturated rings. The molecule has 0 aliphatic carbocycles. The van der Waals surface area contributed by atoms with Gasteiger partial charge in [0.1, 0.15) is 21.5 Å². The van der Waals surface area contributed by atoms with Crippen LogP contribution in [0.5, 0.6) is 5.75 Å². The zero-order valence-corrected chi connectivity index (χ0v) is 24.2. The van der Waals surface area contributed by atoms with Crippen LogP contribution in [0.3, 0.4) is 0 Å². The van der Waals surface area contributed by atoms with Crippen molar-refractivity contribution in [2.75, 3.05) is 31.7 Å². The standard InChI is InChI=1S/C29H30N4O5S2/c1-4-38-28(36)20-11-14-31(15-12-20)25-22(26(34)32-13-5-6-18(2)24(32)30-25)16-23-27(35)33(29(39)40-23)17-19-7-9-21(37-3)10-8-19/h5-10,13,16,20H,4,11-12,14-15,17H2,1-3H3. The Bertz CT molecular complexity index is 1560. The maximum absolute atomic E-state index is 13.8. The zero-order chi connectivity index (χ0) is 28.4. The van der Waals surface area contributed by atoms with Crippen LogP contribution in [0.4, 0.5) is 5.82 Å². The molecule has 1 aromatic carbocycles. The highest BCUT2D eigenvalue weighted by Gasteiger charge is 2.34. The number of piperidine rings is 1. The summed E-state index contributed by atoms with van der Waals surface area (Å²) in [5.41, 5.74) is 2.38. The summed E-state index contributed by atoms with van der Waals surface area (Å²) in [4.78, 5) is 48.4. The Kier molecular flexibility index (Phi) is 8.22. The number of esters is 1. The number of hydrogen-bond donors (Lipinski definition) is 0. The number of anilines is 1. The Balaban J connectivity index is 1.49. The van der Waals surface area contributed by atoms with Crippen molar-refractivity contribution in [3.63, 3.8) is 0 Å². The molecule has 0 bridgehead atoms. The van der Waals surface area contributed by atoms with Crippen molar-refractivity contribution in [3.8, 4) is 5.75 Å². The SMILES string of the molecule is CCOC(=O)C1CCN(c2nc3c(C)cccn3c(=O)c2C=C2SC(=S)N(Cc3ccc(OC)cc3)C2=O)CC1. The summed E-state index contributed by atoms with van der Waals surface area (Å²) in [5, 5.41) is 0. The van der Waals surface area contributed by atoms with Crippen LogP contribution >= 0.6 is 24.0 Å². The summed E-state index contributed by atoms with van der Waals surface area (Å²) in [6.45, 7) is 5.45. The summed E-state index contributed by atoms with van der Waals surface area (Å²) in [6.07, 6.45) is 4.49. The zero-order valence-electron chi connectivity index (χ0n) is 22.6. The number of methoxy groups -OCH3 is 1. The Morgan fingerprint density at radius 1 is 1.18 bits per heavy atom. The molecule has 0 unspecified atom stereocenters. The second-order valence-electron chi connectivity index (χ2n) is 9.67. The maximum atomic E-state index is 13.8. The maximum Gasteiger partial charge on any atom is 0.309 e. The first-order valence-electron chi connectivity index (χ1n) is 13.1. The predicted octanol–water partition coefficient (Wildman–Crippen LogP) is 4.19. The van der Waals surface area contributed by atoms with Gasteiger partial charge < -0.3 is 14.4 Å². The van der Waals surface area contributed by atoms with Gasteiger partial charge in [-0.25, -0.2) is 4.98 Å². The third-order valence-electron chi connectivity index (χ3n) is 7.13. The summed E-state index contributed by atoms with van der Waals surface area (Å²) >= 11 is 6.73. The molecule has 2 aliphatic heterocycles. The van der Waals surface area contributed by atoms with Crippen molar-refractivity contribution >= 4 is 57.7 Å². The van der Waals surface area contributed by atoms with Crippen molar-refractivity contribution < 1.29 is 19.1 Å². The molecule has 5 rings (SSSR count). The smallest absolute Gasteiger partial charge is 0.309 e. The van der Waals surface area contributed by atoms with Crippen LogP contribution in [0.15, 0.2) is 52.3 Å². The fourth-order valence-corrected chi connectivity index (χ4v) is 6.17. The van der Waals surface area contributed by atoms with Gasteiger partial charge in [-0.15, -0.1) is 0 Å². The Labute approximate surface area is 241 Å². The number of ether oxygens (including phenoxy) is 2. The average molecular weight is 579 g/mol. The summed E-state index contributed by atoms with van der Waals surface area (Å²) in [6, 6.07) is 11.2. The van der Waals surface area contributed by atoms with E-state index in [9.17, 15) is 14.4 Å². The van der Waals surface area contributed by atoms with Gasteiger partial charge in [-0.3, -0.25) is 23.7 Å². The molecule has 2 aromatic heterocycles. The van der Waals surface area contributed by atoms with Gasteiger partial charge in [0, 0.05) is 19.3 Å². The monoisotopic (exact) mass is 578 g/mol. The Hall–Kier alpha value is -3.70. The van der Waals surface area contributed by atoms with Crippen LogP contribution in [0.1, 0.15) is 36.5 Å². The Morgan fingerprint density at radius 3 is 2.58 bits per heavy atom. The van der Waals surface area contributed by atoms with Gasteiger partial charge in [0.25, 0.3) is 11.5 Å². The van der Waals surface area contributed by atoms with E-state index in [-0.39, 0.29) is 23.4 Å². The highest BCUT2D eigenvalue weighted by molar-refractivity contribution is 8.26. The van der Waals surface area contributed by atoms with Crippen LogP contribution in [-0.2, 0) is 20.9 Å². The van der Waals surface area contributed by atoms with Crippen molar-refractivity contribution in [1.82, 2.24) is 14.3 Å². The molecule has 0 saturated carbocycles. The number of benzene rings is 1. The third-order valence-corrected chi connectivity index (χ3v) is 8.51. The first kappa shape index (κ1) is 27.9. The Morgan fingerprint density at radius 2 is 1.90 bits per heavy atom. The number of carbonyl (C=O) groups is 2. The van der Waals surface area contributed by atoms with Crippen molar-refractivity contribution in [2.45, 2.75) is 33.2 Å². The third kappa shape index (κ3) is 5.48. The van der Waals surface area contributed by atoms with E-state index in [2.05, 4.69) is 0 Å². The van der Waals surface area contributed by atoms with Gasteiger partial charge in [0.15, 0.2) is 0 Å². The number of thiocarbonyl (C=S) groups is 1. The van der Waals surface area contributed by atoms with E-state index in [0.717, 1.165) is 16.9 Å². The van der Waals surface area contributed by atoms with Crippen LogP contribution in [0, 0.1) is 12.8 Å². The van der Waals surface area contributed by atoms with E-state index in [1.807, 2.05) is 42.2 Å². The van der Waals surface area contributed by atoms with Crippen molar-refractivity contribution in [2.24, 2.45) is 5.92 Å². The second-order valence-corrected chi connectivity index (χ2v) is 11.3. The van der Waals surface area contributed by atoms with E-state index in [0.29, 0.717) is 65.3 Å². The van der Waals surface area contributed by atoms with E-state index in [1.54, 1.807) is 32.4 Å². The molecule has 2 saturated heterocycles. The van der Waals surface area contributed by atoms with Gasteiger partial charge in [0.05, 0.1) is 36.6 Å². The highest BCUT2D eigenvalue weighted by Crippen LogP contribution is 2.35. The fraction of sp³-hybridized carbons (Fsp3) is 0.345. The van der Waals surface area contributed by atoms with E-state index >= 15 is 0 Å². The van der Waals surface area contributed by atoms with Gasteiger partial charge >= 0.3 is 5.97 Å². The lowest BCUT2D eigenvalue weighted by molar-refractivity contribution is -0.148. The summed E-state index contributed by atoms with van der Waals surface area (Å²) < 4.78 is 12.4. The van der Waals surface area contributed by atoms with Crippen molar-refractivity contribution in [1.29, 1.82) is 0 Å². The number of amides is 1. The molecule has 0 N–H and O–H groups in total. The van der Waals surface area contributed by atoms with Crippen LogP contribution in [0.2, 0.25) is 0 Å². The number of fused-ring (bicyclic) bond motifs is 1. The van der Waals surface area contributed by atoms with Gasteiger partial charge in [0.2, 0.25) is 0 Å². The molecule has 2 aliphatic rings. The molecule has 208 valence electrons. The highest BCUT2D eigenvalue weighted by atomic mass is 32.2. The topological polar surface area (TPSA) is 93.5 Å². The molecule has 0 atom stereocenters. The molecule has 40 heavy (non-hydrogen) atoms. The lowest BCUT2D eigenvalue weighted by Gasteiger charge is -2.32. The minimum atomic E-state index is -0.267. The fourth-order valence-electron chi connectivity index (χ4n) is 4.94. The van der Waals surface area contributed by atoms with Crippen LogP contribution < -0.4 is 15.2 Å². The number of nitrogens with zero attached hydrogens (tertiary/aromatic N) is 4. The largest absolute Gasteiger partial charge is 0.497 e. The molecular formula is C29H30N4O5S2. The first-order valence-corrected chi connectivity index (χ1v) is 14.3. The molecule has 3 aromatic rings. The lowest BCUT2D eigenvalue weighted by atomic mass is 9.96. The molecule has 4 heterocycles. The number of carbonyl (C=O) groups excluding carboxylic acids is 2. The number of rotatable bonds is 7. The molecule has 1 amide bonds. The molecule has 11 heteroatoms. The van der Waals surface area contributed by atoms with E-state index in [4.69, 9.17) is 26.7 Å². The number of aromatic nitrogens is 2. The first-order chi connectivity index (χ1) is 19.3.